The Balaban J connectivity index is 1.29. The fourth-order valence-corrected chi connectivity index (χ4v) is 5.10. The monoisotopic (exact) mass is 486 g/mol. The minimum atomic E-state index is -0.455. The number of benzene rings is 3. The number of fused-ring (bicyclic) bond motifs is 1. The van der Waals surface area contributed by atoms with E-state index in [1.54, 1.807) is 23.5 Å². The molecule has 2 heterocycles. The zero-order valence-corrected chi connectivity index (χ0v) is 20.0. The molecule has 1 unspecified atom stereocenters. The average Bonchev–Trinajstić information content (AvgIpc) is 3.33. The van der Waals surface area contributed by atoms with Gasteiger partial charge in [0.2, 0.25) is 5.91 Å². The van der Waals surface area contributed by atoms with Crippen LogP contribution in [0.5, 0.6) is 0 Å². The number of hydrogen-bond donors (Lipinski definition) is 2. The van der Waals surface area contributed by atoms with Crippen LogP contribution in [0.1, 0.15) is 28.4 Å². The van der Waals surface area contributed by atoms with Gasteiger partial charge >= 0.3 is 0 Å². The number of amides is 2. The summed E-state index contributed by atoms with van der Waals surface area (Å²) in [6.07, 6.45) is 0.113. The number of morpholine rings is 1. The fourth-order valence-electron chi connectivity index (χ4n) is 4.05. The molecular weight excluding hydrogens is 460 g/mol. The highest BCUT2D eigenvalue weighted by Crippen LogP contribution is 2.31. The van der Waals surface area contributed by atoms with Crippen molar-refractivity contribution in [3.8, 4) is 0 Å². The number of ether oxygens (including phenoxy) is 1. The maximum atomic E-state index is 13.0. The zero-order valence-electron chi connectivity index (χ0n) is 19.1. The van der Waals surface area contributed by atoms with Crippen LogP contribution in [0.4, 0.5) is 10.8 Å². The lowest BCUT2D eigenvalue weighted by Gasteiger charge is -2.25. The highest BCUT2D eigenvalue weighted by atomic mass is 32.1. The largest absolute Gasteiger partial charge is 0.378 e. The minimum absolute atomic E-state index is 0.113. The molecule has 0 spiro atoms. The summed E-state index contributed by atoms with van der Waals surface area (Å²) in [7, 11) is 0. The summed E-state index contributed by atoms with van der Waals surface area (Å²) >= 11 is 1.61. The summed E-state index contributed by atoms with van der Waals surface area (Å²) in [4.78, 5) is 32.8. The maximum Gasteiger partial charge on any atom is 0.251 e. The Morgan fingerprint density at radius 1 is 0.971 bits per heavy atom. The minimum Gasteiger partial charge on any atom is -0.378 e. The number of rotatable bonds is 7. The van der Waals surface area contributed by atoms with Gasteiger partial charge in [-0.05, 0) is 35.9 Å². The molecule has 1 saturated heterocycles. The van der Waals surface area contributed by atoms with Crippen molar-refractivity contribution in [2.45, 2.75) is 12.5 Å². The van der Waals surface area contributed by atoms with Gasteiger partial charge in [-0.1, -0.05) is 59.9 Å². The normalized spacial score (nSPS) is 14.5. The highest BCUT2D eigenvalue weighted by molar-refractivity contribution is 7.22. The van der Waals surface area contributed by atoms with Crippen LogP contribution in [0.15, 0.2) is 78.9 Å². The van der Waals surface area contributed by atoms with Gasteiger partial charge in [-0.15, -0.1) is 0 Å². The molecule has 1 aliphatic heterocycles. The first-order valence-electron chi connectivity index (χ1n) is 11.6. The van der Waals surface area contributed by atoms with Crippen LogP contribution in [0.25, 0.3) is 10.2 Å². The van der Waals surface area contributed by atoms with Crippen molar-refractivity contribution in [3.63, 3.8) is 0 Å². The number of aromatic nitrogens is 1. The molecule has 0 bridgehead atoms. The molecule has 1 aliphatic rings. The Bertz CT molecular complexity index is 1300. The van der Waals surface area contributed by atoms with Crippen molar-refractivity contribution >= 4 is 44.2 Å². The smallest absolute Gasteiger partial charge is 0.251 e. The molecule has 4 aromatic rings. The molecule has 35 heavy (non-hydrogen) atoms. The second-order valence-corrected chi connectivity index (χ2v) is 9.34. The van der Waals surface area contributed by atoms with E-state index in [-0.39, 0.29) is 18.2 Å². The van der Waals surface area contributed by atoms with Crippen molar-refractivity contribution in [2.75, 3.05) is 36.5 Å². The van der Waals surface area contributed by atoms with Gasteiger partial charge in [0, 0.05) is 24.3 Å². The van der Waals surface area contributed by atoms with Crippen LogP contribution >= 0.6 is 11.3 Å². The van der Waals surface area contributed by atoms with Crippen LogP contribution in [0.3, 0.4) is 0 Å². The first kappa shape index (κ1) is 23.0. The van der Waals surface area contributed by atoms with Crippen molar-refractivity contribution in [1.29, 1.82) is 0 Å². The molecule has 5 rings (SSSR count). The molecule has 178 valence electrons. The number of nitrogens with one attached hydrogen (secondary N) is 2. The van der Waals surface area contributed by atoms with Gasteiger partial charge in [0.25, 0.3) is 5.91 Å². The van der Waals surface area contributed by atoms with Crippen LogP contribution in [-0.4, -0.2) is 43.1 Å². The molecule has 8 heteroatoms. The Hall–Kier alpha value is -3.75. The second kappa shape index (κ2) is 10.7. The summed E-state index contributed by atoms with van der Waals surface area (Å²) in [5.74, 6) is -0.390. The van der Waals surface area contributed by atoms with E-state index in [1.807, 2.05) is 66.7 Å². The Labute approximate surface area is 207 Å². The lowest BCUT2D eigenvalue weighted by Crippen LogP contribution is -2.36. The number of hydrogen-bond acceptors (Lipinski definition) is 6. The van der Waals surface area contributed by atoms with Gasteiger partial charge in [-0.3, -0.25) is 9.59 Å². The number of carbonyl (C=O) groups excluding carboxylic acids is 2. The molecule has 0 radical (unpaired) electrons. The van der Waals surface area contributed by atoms with E-state index in [9.17, 15) is 9.59 Å². The van der Waals surface area contributed by atoms with Crippen LogP contribution < -0.4 is 15.5 Å². The molecule has 2 N–H and O–H groups in total. The Morgan fingerprint density at radius 2 is 1.69 bits per heavy atom. The van der Waals surface area contributed by atoms with E-state index >= 15 is 0 Å². The van der Waals surface area contributed by atoms with Crippen molar-refractivity contribution in [1.82, 2.24) is 10.3 Å². The van der Waals surface area contributed by atoms with Gasteiger partial charge in [0.15, 0.2) is 5.13 Å². The number of thiazole rings is 1. The third kappa shape index (κ3) is 5.67. The molecule has 0 aliphatic carbocycles. The lowest BCUT2D eigenvalue weighted by molar-refractivity contribution is -0.116. The SMILES string of the molecule is O=C(CC(NC(=O)c1ccccc1)c1ccccc1)Nc1ccc2nc(N3CCOCC3)sc2c1. The Morgan fingerprint density at radius 3 is 2.43 bits per heavy atom. The first-order valence-corrected chi connectivity index (χ1v) is 12.4. The van der Waals surface area contributed by atoms with E-state index < -0.39 is 6.04 Å². The van der Waals surface area contributed by atoms with E-state index in [2.05, 4.69) is 15.5 Å². The van der Waals surface area contributed by atoms with Crippen LogP contribution in [0, 0.1) is 0 Å². The summed E-state index contributed by atoms with van der Waals surface area (Å²) in [5.41, 5.74) is 3.05. The van der Waals surface area contributed by atoms with E-state index in [0.29, 0.717) is 24.5 Å². The van der Waals surface area contributed by atoms with Crippen molar-refractivity contribution in [2.24, 2.45) is 0 Å². The first-order chi connectivity index (χ1) is 17.2. The summed E-state index contributed by atoms with van der Waals surface area (Å²) in [6, 6.07) is 23.9. The topological polar surface area (TPSA) is 83.6 Å². The van der Waals surface area contributed by atoms with Gasteiger partial charge in [0.1, 0.15) is 0 Å². The summed E-state index contributed by atoms with van der Waals surface area (Å²) in [6.45, 7) is 3.08. The molecule has 0 saturated carbocycles. The summed E-state index contributed by atoms with van der Waals surface area (Å²) < 4.78 is 6.45. The highest BCUT2D eigenvalue weighted by Gasteiger charge is 2.20. The van der Waals surface area contributed by atoms with Gasteiger partial charge in [0.05, 0.1) is 35.9 Å². The third-order valence-corrected chi connectivity index (χ3v) is 6.95. The molecule has 7 nitrogen and oxygen atoms in total. The molecular formula is C27H26N4O3S. The molecule has 1 fully saturated rings. The maximum absolute atomic E-state index is 13.0. The quantitative estimate of drug-likeness (QED) is 0.398. The fraction of sp³-hybridized carbons (Fsp3) is 0.222. The lowest BCUT2D eigenvalue weighted by atomic mass is 10.0. The molecule has 1 atom stereocenters. The standard InChI is InChI=1S/C27H26N4O3S/c32-25(18-23(19-7-3-1-4-8-19)29-26(33)20-9-5-2-6-10-20)28-21-11-12-22-24(17-21)35-27(30-22)31-13-15-34-16-14-31/h1-12,17,23H,13-16,18H2,(H,28,32)(H,29,33). The number of nitrogens with zero attached hydrogens (tertiary/aromatic N) is 2. The molecule has 1 aromatic heterocycles. The zero-order chi connectivity index (χ0) is 24.0. The third-order valence-electron chi connectivity index (χ3n) is 5.88. The predicted octanol–water partition coefficient (Wildman–Crippen LogP) is 4.63. The summed E-state index contributed by atoms with van der Waals surface area (Å²) in [5, 5.41) is 6.98. The average molecular weight is 487 g/mol. The van der Waals surface area contributed by atoms with Crippen LogP contribution in [0.2, 0.25) is 0 Å². The van der Waals surface area contributed by atoms with E-state index in [1.165, 1.54) is 0 Å². The van der Waals surface area contributed by atoms with Gasteiger partial charge in [-0.2, -0.15) is 0 Å². The number of carbonyl (C=O) groups is 2. The van der Waals surface area contributed by atoms with E-state index in [4.69, 9.17) is 9.72 Å². The second-order valence-electron chi connectivity index (χ2n) is 8.33. The van der Waals surface area contributed by atoms with Crippen molar-refractivity contribution in [3.05, 3.63) is 90.0 Å². The van der Waals surface area contributed by atoms with E-state index in [0.717, 1.165) is 34.0 Å². The van der Waals surface area contributed by atoms with Crippen LogP contribution in [-0.2, 0) is 9.53 Å². The molecule has 3 aromatic carbocycles. The van der Waals surface area contributed by atoms with Crippen molar-refractivity contribution < 1.29 is 14.3 Å². The number of anilines is 2. The molecule has 2 amide bonds. The Kier molecular flexibility index (Phi) is 7.02. The predicted molar refractivity (Wildman–Crippen MR) is 139 cm³/mol. The van der Waals surface area contributed by atoms with Gasteiger partial charge in [-0.25, -0.2) is 4.98 Å². The van der Waals surface area contributed by atoms with Gasteiger partial charge < -0.3 is 20.3 Å².